The molecule has 1 aromatic heterocycles. The van der Waals surface area contributed by atoms with Gasteiger partial charge in [0.25, 0.3) is 0 Å². The number of H-pyrrole nitrogens is 1. The van der Waals surface area contributed by atoms with Gasteiger partial charge in [-0.1, -0.05) is 48.5 Å². The zero-order chi connectivity index (χ0) is 31.4. The van der Waals surface area contributed by atoms with Crippen molar-refractivity contribution >= 4 is 53.2 Å². The number of para-hydroxylation sites is 1. The number of guanidine groups is 1. The number of aromatic nitrogens is 1. The second kappa shape index (κ2) is 16.2. The molecule has 13 nitrogen and oxygen atoms in total. The van der Waals surface area contributed by atoms with Crippen LogP contribution in [0.5, 0.6) is 0 Å². The summed E-state index contributed by atoms with van der Waals surface area (Å²) in [4.78, 5) is 58.6. The largest absolute Gasteiger partial charge is 0.480 e. The van der Waals surface area contributed by atoms with E-state index in [2.05, 4.69) is 38.6 Å². The lowest BCUT2D eigenvalue weighted by Crippen LogP contribution is -2.58. The summed E-state index contributed by atoms with van der Waals surface area (Å²) in [6.07, 6.45) is 2.50. The Bertz CT molecular complexity index is 1430. The normalized spacial score (nSPS) is 13.7. The number of carbonyl (C=O) groups excluding carboxylic acids is 3. The summed E-state index contributed by atoms with van der Waals surface area (Å²) < 4.78 is 0. The summed E-state index contributed by atoms with van der Waals surface area (Å²) in [6, 6.07) is 12.2. The molecule has 230 valence electrons. The van der Waals surface area contributed by atoms with E-state index in [1.165, 1.54) is 0 Å². The number of carbonyl (C=O) groups is 4. The number of carboxylic acids is 1. The van der Waals surface area contributed by atoms with Gasteiger partial charge in [0, 0.05) is 35.8 Å². The minimum atomic E-state index is -1.27. The van der Waals surface area contributed by atoms with Crippen molar-refractivity contribution in [1.82, 2.24) is 20.9 Å². The van der Waals surface area contributed by atoms with Gasteiger partial charge in [0.05, 0.1) is 6.04 Å². The second-order valence-electron chi connectivity index (χ2n) is 10.0. The third-order valence-electron chi connectivity index (χ3n) is 6.74. The molecule has 0 saturated heterocycles. The number of fused-ring (bicyclic) bond motifs is 1. The van der Waals surface area contributed by atoms with Crippen molar-refractivity contribution in [3.05, 3.63) is 71.9 Å². The highest BCUT2D eigenvalue weighted by Crippen LogP contribution is 2.19. The summed E-state index contributed by atoms with van der Waals surface area (Å²) in [7, 11) is 0. The lowest BCUT2D eigenvalue weighted by atomic mass is 10.0. The van der Waals surface area contributed by atoms with Crippen LogP contribution in [0.3, 0.4) is 0 Å². The number of amides is 3. The number of nitrogens with two attached hydrogens (primary N) is 3. The van der Waals surface area contributed by atoms with Crippen molar-refractivity contribution in [1.29, 1.82) is 0 Å². The van der Waals surface area contributed by atoms with Gasteiger partial charge >= 0.3 is 5.97 Å². The fourth-order valence-corrected chi connectivity index (χ4v) is 4.72. The average molecular weight is 611 g/mol. The number of nitrogens with zero attached hydrogens (tertiary/aromatic N) is 1. The van der Waals surface area contributed by atoms with E-state index in [-0.39, 0.29) is 37.5 Å². The molecule has 0 aliphatic heterocycles. The van der Waals surface area contributed by atoms with Crippen molar-refractivity contribution in [2.45, 2.75) is 49.9 Å². The summed E-state index contributed by atoms with van der Waals surface area (Å²) in [6.45, 7) is 0.208. The van der Waals surface area contributed by atoms with E-state index < -0.39 is 47.9 Å². The predicted molar refractivity (Wildman–Crippen MR) is 167 cm³/mol. The summed E-state index contributed by atoms with van der Waals surface area (Å²) in [5.74, 6) is -3.45. The molecule has 14 heteroatoms. The Morgan fingerprint density at radius 2 is 1.49 bits per heavy atom. The van der Waals surface area contributed by atoms with E-state index >= 15 is 0 Å². The standard InChI is InChI=1S/C29H38N8O5S/c30-20(13-17-7-2-1-3-8-17)25(38)35-22(11-6-12-33-29(31)32)26(39)36-23(27(40)37-24(16-43)28(41)42)14-18-15-34-21-10-5-4-9-19(18)21/h1-5,7-10,15,20,22-24,34,43H,6,11-14,16,30H2,(H,35,38)(H,36,39)(H,37,40)(H,41,42)(H4,31,32,33)/t20-,22+,23+,24+/m1/s1. The first kappa shape index (κ1) is 32.9. The number of hydrogen-bond acceptors (Lipinski definition) is 7. The highest BCUT2D eigenvalue weighted by atomic mass is 32.1. The number of aromatic amines is 1. The zero-order valence-corrected chi connectivity index (χ0v) is 24.4. The third kappa shape index (κ3) is 10.0. The molecule has 11 N–H and O–H groups in total. The Hall–Kier alpha value is -4.56. The Morgan fingerprint density at radius 3 is 2.16 bits per heavy atom. The first-order valence-corrected chi connectivity index (χ1v) is 14.4. The molecule has 3 rings (SSSR count). The van der Waals surface area contributed by atoms with Crippen LogP contribution in [0.1, 0.15) is 24.0 Å². The predicted octanol–water partition coefficient (Wildman–Crippen LogP) is -0.197. The molecule has 43 heavy (non-hydrogen) atoms. The monoisotopic (exact) mass is 610 g/mol. The van der Waals surface area contributed by atoms with Gasteiger partial charge in [-0.15, -0.1) is 0 Å². The summed E-state index contributed by atoms with van der Waals surface area (Å²) in [5, 5.41) is 18.1. The topological polar surface area (TPSA) is 231 Å². The molecule has 0 fully saturated rings. The smallest absolute Gasteiger partial charge is 0.327 e. The molecule has 0 saturated carbocycles. The van der Waals surface area contributed by atoms with Crippen LogP contribution in [0.15, 0.2) is 65.8 Å². The minimum Gasteiger partial charge on any atom is -0.480 e. The van der Waals surface area contributed by atoms with Gasteiger partial charge in [-0.25, -0.2) is 4.79 Å². The Balaban J connectivity index is 1.82. The lowest BCUT2D eigenvalue weighted by molar-refractivity contribution is -0.141. The van der Waals surface area contributed by atoms with E-state index in [0.29, 0.717) is 6.42 Å². The van der Waals surface area contributed by atoms with Gasteiger partial charge in [-0.2, -0.15) is 12.6 Å². The van der Waals surface area contributed by atoms with E-state index in [1.807, 2.05) is 54.6 Å². The molecule has 3 aromatic rings. The Labute approximate surface area is 254 Å². The van der Waals surface area contributed by atoms with E-state index in [1.54, 1.807) is 6.20 Å². The molecular formula is C29H38N8O5S. The highest BCUT2D eigenvalue weighted by molar-refractivity contribution is 7.80. The molecule has 3 amide bonds. The van der Waals surface area contributed by atoms with Crippen molar-refractivity contribution < 1.29 is 24.3 Å². The van der Waals surface area contributed by atoms with Gasteiger partial charge in [-0.05, 0) is 36.5 Å². The third-order valence-corrected chi connectivity index (χ3v) is 7.11. The fourth-order valence-electron chi connectivity index (χ4n) is 4.47. The number of aliphatic imine (C=N–C) groups is 1. The van der Waals surface area contributed by atoms with Crippen LogP contribution in [0, 0.1) is 0 Å². The van der Waals surface area contributed by atoms with Crippen molar-refractivity contribution in [2.75, 3.05) is 12.3 Å². The molecule has 0 radical (unpaired) electrons. The van der Waals surface area contributed by atoms with E-state index in [4.69, 9.17) is 17.2 Å². The zero-order valence-electron chi connectivity index (χ0n) is 23.5. The van der Waals surface area contributed by atoms with Gasteiger partial charge in [-0.3, -0.25) is 19.4 Å². The maximum absolute atomic E-state index is 13.6. The number of carboxylic acid groups (broad SMARTS) is 1. The number of nitrogens with one attached hydrogen (secondary N) is 4. The molecule has 2 aromatic carbocycles. The van der Waals surface area contributed by atoms with Crippen LogP contribution >= 0.6 is 12.6 Å². The van der Waals surface area contributed by atoms with Crippen molar-refractivity contribution in [2.24, 2.45) is 22.2 Å². The van der Waals surface area contributed by atoms with Gasteiger partial charge in [0.15, 0.2) is 5.96 Å². The SMILES string of the molecule is NC(N)=NCCC[C@H](NC(=O)[C@H](N)Cc1ccccc1)C(=O)N[C@@H](Cc1c[nH]c2ccccc12)C(=O)N[C@@H](CS)C(=O)O. The first-order valence-electron chi connectivity index (χ1n) is 13.7. The second-order valence-corrected chi connectivity index (χ2v) is 10.4. The molecule has 0 unspecified atom stereocenters. The van der Waals surface area contributed by atoms with Crippen LogP contribution < -0.4 is 33.2 Å². The highest BCUT2D eigenvalue weighted by Gasteiger charge is 2.30. The summed E-state index contributed by atoms with van der Waals surface area (Å²) >= 11 is 4.02. The Morgan fingerprint density at radius 1 is 0.860 bits per heavy atom. The lowest BCUT2D eigenvalue weighted by Gasteiger charge is -2.25. The van der Waals surface area contributed by atoms with Crippen LogP contribution in [0.2, 0.25) is 0 Å². The molecule has 0 aliphatic rings. The number of hydrogen-bond donors (Lipinski definition) is 9. The quantitative estimate of drug-likeness (QED) is 0.0455. The number of aliphatic carboxylic acids is 1. The molecular weight excluding hydrogens is 572 g/mol. The van der Waals surface area contributed by atoms with E-state index in [9.17, 15) is 24.3 Å². The molecule has 0 spiro atoms. The van der Waals surface area contributed by atoms with Crippen molar-refractivity contribution in [3.8, 4) is 0 Å². The van der Waals surface area contributed by atoms with Crippen LogP contribution in [-0.4, -0.2) is 76.2 Å². The first-order chi connectivity index (χ1) is 20.6. The van der Waals surface area contributed by atoms with E-state index in [0.717, 1.165) is 22.0 Å². The summed E-state index contributed by atoms with van der Waals surface area (Å²) in [5.41, 5.74) is 19.4. The van der Waals surface area contributed by atoms with Gasteiger partial charge < -0.3 is 43.2 Å². The Kier molecular flexibility index (Phi) is 12.4. The molecule has 0 aliphatic carbocycles. The molecule has 4 atom stereocenters. The number of rotatable bonds is 16. The van der Waals surface area contributed by atoms with Gasteiger partial charge in [0.2, 0.25) is 17.7 Å². The average Bonchev–Trinajstić information content (AvgIpc) is 3.39. The molecule has 1 heterocycles. The van der Waals surface area contributed by atoms with Crippen LogP contribution in [-0.2, 0) is 32.0 Å². The number of benzene rings is 2. The van der Waals surface area contributed by atoms with Gasteiger partial charge in [0.1, 0.15) is 18.1 Å². The molecule has 0 bridgehead atoms. The van der Waals surface area contributed by atoms with Crippen LogP contribution in [0.25, 0.3) is 10.9 Å². The maximum atomic E-state index is 13.6. The maximum Gasteiger partial charge on any atom is 0.327 e. The minimum absolute atomic E-state index is 0.0443. The van der Waals surface area contributed by atoms with Crippen LogP contribution in [0.4, 0.5) is 0 Å². The van der Waals surface area contributed by atoms with Crippen molar-refractivity contribution in [3.63, 3.8) is 0 Å². The fraction of sp³-hybridized carbons (Fsp3) is 0.345. The number of thiol groups is 1.